The SMILES string of the molecule is CCCCCc1nc(C(C)CC)nn1Cc1ccc(-c2cnccc2-c2nnn[nH]2)cc1. The lowest BCUT2D eigenvalue weighted by Crippen LogP contribution is -2.07. The molecule has 8 heteroatoms. The fourth-order valence-corrected chi connectivity index (χ4v) is 3.70. The fraction of sp³-hybridized carbons (Fsp3) is 0.417. The summed E-state index contributed by atoms with van der Waals surface area (Å²) in [4.78, 5) is 9.17. The zero-order valence-electron chi connectivity index (χ0n) is 19.0. The van der Waals surface area contributed by atoms with E-state index in [0.29, 0.717) is 11.7 Å². The fourth-order valence-electron chi connectivity index (χ4n) is 3.70. The monoisotopic (exact) mass is 430 g/mol. The minimum Gasteiger partial charge on any atom is -0.264 e. The topological polar surface area (TPSA) is 98.1 Å². The number of aromatic nitrogens is 8. The van der Waals surface area contributed by atoms with E-state index in [1.54, 1.807) is 6.20 Å². The minimum absolute atomic E-state index is 0.373. The van der Waals surface area contributed by atoms with Gasteiger partial charge in [0.2, 0.25) is 0 Å². The van der Waals surface area contributed by atoms with Gasteiger partial charge >= 0.3 is 0 Å². The first-order valence-corrected chi connectivity index (χ1v) is 11.4. The van der Waals surface area contributed by atoms with Crippen molar-refractivity contribution in [2.75, 3.05) is 0 Å². The Morgan fingerprint density at radius 2 is 1.88 bits per heavy atom. The van der Waals surface area contributed by atoms with Crippen molar-refractivity contribution < 1.29 is 0 Å². The van der Waals surface area contributed by atoms with Gasteiger partial charge in [-0.2, -0.15) is 5.10 Å². The highest BCUT2D eigenvalue weighted by molar-refractivity contribution is 5.79. The first-order valence-electron chi connectivity index (χ1n) is 11.4. The quantitative estimate of drug-likeness (QED) is 0.362. The van der Waals surface area contributed by atoms with Crippen LogP contribution in [-0.4, -0.2) is 40.4 Å². The first-order chi connectivity index (χ1) is 15.7. The molecule has 32 heavy (non-hydrogen) atoms. The third-order valence-corrected chi connectivity index (χ3v) is 5.84. The largest absolute Gasteiger partial charge is 0.264 e. The highest BCUT2D eigenvalue weighted by Gasteiger charge is 2.15. The standard InChI is InChI=1S/C24H30N8/c1-4-6-7-8-22-26-23(17(3)5-2)29-32(22)16-18-9-11-19(12-10-18)21-15-25-14-13-20(21)24-27-30-31-28-24/h9-15,17H,4-8,16H2,1-3H3,(H,27,28,30,31). The number of aryl methyl sites for hydroxylation is 1. The average molecular weight is 431 g/mol. The highest BCUT2D eigenvalue weighted by Crippen LogP contribution is 2.29. The molecule has 1 aromatic carbocycles. The van der Waals surface area contributed by atoms with Gasteiger partial charge in [0.15, 0.2) is 11.6 Å². The van der Waals surface area contributed by atoms with E-state index in [2.05, 4.69) is 75.3 Å². The van der Waals surface area contributed by atoms with E-state index in [9.17, 15) is 0 Å². The molecule has 0 spiro atoms. The Balaban J connectivity index is 1.57. The number of tetrazole rings is 1. The third kappa shape index (κ3) is 4.90. The molecule has 8 nitrogen and oxygen atoms in total. The summed E-state index contributed by atoms with van der Waals surface area (Å²) in [6.07, 6.45) is 9.17. The van der Waals surface area contributed by atoms with E-state index >= 15 is 0 Å². The minimum atomic E-state index is 0.373. The molecule has 1 atom stereocenters. The molecule has 0 aliphatic carbocycles. The molecule has 4 rings (SSSR count). The van der Waals surface area contributed by atoms with E-state index in [1.165, 1.54) is 18.4 Å². The Morgan fingerprint density at radius 3 is 2.59 bits per heavy atom. The number of benzene rings is 1. The van der Waals surface area contributed by atoms with Gasteiger partial charge in [-0.1, -0.05) is 57.9 Å². The number of unbranched alkanes of at least 4 members (excludes halogenated alkanes) is 2. The number of nitrogens with one attached hydrogen (secondary N) is 1. The van der Waals surface area contributed by atoms with Crippen LogP contribution in [0.15, 0.2) is 42.7 Å². The zero-order chi connectivity index (χ0) is 22.3. The molecule has 1 unspecified atom stereocenters. The maximum absolute atomic E-state index is 4.88. The van der Waals surface area contributed by atoms with E-state index < -0.39 is 0 Å². The molecule has 3 heterocycles. The predicted molar refractivity (Wildman–Crippen MR) is 124 cm³/mol. The van der Waals surface area contributed by atoms with Crippen LogP contribution in [0.1, 0.15) is 69.6 Å². The van der Waals surface area contributed by atoms with Gasteiger partial charge in [-0.15, -0.1) is 5.10 Å². The summed E-state index contributed by atoms with van der Waals surface area (Å²) >= 11 is 0. The summed E-state index contributed by atoms with van der Waals surface area (Å²) in [6, 6.07) is 10.4. The van der Waals surface area contributed by atoms with Crippen LogP contribution in [0.4, 0.5) is 0 Å². The zero-order valence-corrected chi connectivity index (χ0v) is 19.0. The van der Waals surface area contributed by atoms with Gasteiger partial charge in [-0.3, -0.25) is 4.98 Å². The first kappa shape index (κ1) is 21.8. The van der Waals surface area contributed by atoms with Crippen molar-refractivity contribution in [2.45, 2.75) is 65.3 Å². The Labute approximate surface area is 188 Å². The lowest BCUT2D eigenvalue weighted by atomic mass is 10.0. The number of pyridine rings is 1. The van der Waals surface area contributed by atoms with Crippen LogP contribution in [0.3, 0.4) is 0 Å². The molecule has 4 aromatic rings. The van der Waals surface area contributed by atoms with Crippen LogP contribution in [0.2, 0.25) is 0 Å². The van der Waals surface area contributed by atoms with E-state index in [-0.39, 0.29) is 0 Å². The average Bonchev–Trinajstić information content (AvgIpc) is 3.50. The van der Waals surface area contributed by atoms with Crippen LogP contribution >= 0.6 is 0 Å². The summed E-state index contributed by atoms with van der Waals surface area (Å²) < 4.78 is 2.09. The lowest BCUT2D eigenvalue weighted by molar-refractivity contribution is 0.596. The second kappa shape index (κ2) is 10.3. The molecule has 0 radical (unpaired) electrons. The molecule has 0 amide bonds. The summed E-state index contributed by atoms with van der Waals surface area (Å²) in [5.41, 5.74) is 4.16. The molecule has 0 saturated heterocycles. The van der Waals surface area contributed by atoms with Crippen LogP contribution in [-0.2, 0) is 13.0 Å². The second-order valence-corrected chi connectivity index (χ2v) is 8.18. The number of rotatable bonds is 10. The molecule has 0 bridgehead atoms. The van der Waals surface area contributed by atoms with Gasteiger partial charge in [0, 0.05) is 35.9 Å². The summed E-state index contributed by atoms with van der Waals surface area (Å²) in [5.74, 6) is 3.04. The summed E-state index contributed by atoms with van der Waals surface area (Å²) in [5, 5.41) is 19.1. The van der Waals surface area contributed by atoms with Gasteiger partial charge in [0.1, 0.15) is 5.82 Å². The molecule has 3 aromatic heterocycles. The van der Waals surface area contributed by atoms with Crippen LogP contribution in [0.25, 0.3) is 22.5 Å². The molecule has 0 fully saturated rings. The predicted octanol–water partition coefficient (Wildman–Crippen LogP) is 4.81. The van der Waals surface area contributed by atoms with Gasteiger partial charge in [-0.05, 0) is 40.5 Å². The Morgan fingerprint density at radius 1 is 1.03 bits per heavy atom. The van der Waals surface area contributed by atoms with E-state index in [4.69, 9.17) is 10.1 Å². The van der Waals surface area contributed by atoms with Gasteiger partial charge in [-0.25, -0.2) is 14.8 Å². The van der Waals surface area contributed by atoms with Crippen molar-refractivity contribution >= 4 is 0 Å². The van der Waals surface area contributed by atoms with Crippen molar-refractivity contribution in [3.05, 3.63) is 59.9 Å². The lowest BCUT2D eigenvalue weighted by Gasteiger charge is -2.09. The molecule has 0 aliphatic rings. The van der Waals surface area contributed by atoms with Crippen LogP contribution < -0.4 is 0 Å². The summed E-state index contributed by atoms with van der Waals surface area (Å²) in [6.45, 7) is 7.32. The number of hydrogen-bond acceptors (Lipinski definition) is 6. The second-order valence-electron chi connectivity index (χ2n) is 8.18. The Hall–Kier alpha value is -3.42. The molecule has 166 valence electrons. The molecule has 1 N–H and O–H groups in total. The maximum atomic E-state index is 4.88. The van der Waals surface area contributed by atoms with Crippen LogP contribution in [0.5, 0.6) is 0 Å². The van der Waals surface area contributed by atoms with E-state index in [1.807, 2.05) is 12.3 Å². The highest BCUT2D eigenvalue weighted by atomic mass is 15.5. The van der Waals surface area contributed by atoms with Crippen molar-refractivity contribution in [2.24, 2.45) is 0 Å². The molecule has 0 saturated carbocycles. The number of aromatic amines is 1. The number of nitrogens with zero attached hydrogens (tertiary/aromatic N) is 7. The van der Waals surface area contributed by atoms with Crippen molar-refractivity contribution in [1.82, 2.24) is 40.4 Å². The number of H-pyrrole nitrogens is 1. The van der Waals surface area contributed by atoms with Gasteiger partial charge in [0.05, 0.1) is 6.54 Å². The molecule has 0 aliphatic heterocycles. The summed E-state index contributed by atoms with van der Waals surface area (Å²) in [7, 11) is 0. The Kier molecular flexibility index (Phi) is 6.99. The Bertz CT molecular complexity index is 1120. The van der Waals surface area contributed by atoms with Gasteiger partial charge in [0.25, 0.3) is 0 Å². The van der Waals surface area contributed by atoms with Crippen molar-refractivity contribution in [3.63, 3.8) is 0 Å². The normalized spacial score (nSPS) is 12.2. The van der Waals surface area contributed by atoms with Crippen molar-refractivity contribution in [3.8, 4) is 22.5 Å². The van der Waals surface area contributed by atoms with Crippen LogP contribution in [0, 0.1) is 0 Å². The smallest absolute Gasteiger partial charge is 0.180 e. The van der Waals surface area contributed by atoms with Gasteiger partial charge < -0.3 is 0 Å². The molecular formula is C24H30N8. The van der Waals surface area contributed by atoms with Crippen molar-refractivity contribution in [1.29, 1.82) is 0 Å². The third-order valence-electron chi connectivity index (χ3n) is 5.84. The number of hydrogen-bond donors (Lipinski definition) is 1. The van der Waals surface area contributed by atoms with E-state index in [0.717, 1.165) is 54.1 Å². The maximum Gasteiger partial charge on any atom is 0.180 e. The molecular weight excluding hydrogens is 400 g/mol.